The number of piperidine rings is 1. The van der Waals surface area contributed by atoms with Crippen molar-refractivity contribution in [1.29, 1.82) is 0 Å². The van der Waals surface area contributed by atoms with Crippen LogP contribution in [-0.4, -0.2) is 35.8 Å². The fourth-order valence-electron chi connectivity index (χ4n) is 1.60. The lowest BCUT2D eigenvalue weighted by molar-refractivity contribution is 0.0473. The summed E-state index contributed by atoms with van der Waals surface area (Å²) in [5.41, 5.74) is -0.443. The molecule has 1 fully saturated rings. The second kappa shape index (κ2) is 4.81. The number of alkyl carbamates (subject to hydrolysis) is 1. The summed E-state index contributed by atoms with van der Waals surface area (Å²) in [5, 5.41) is 4.55. The molecule has 0 aromatic heterocycles. The molecule has 5 nitrogen and oxygen atoms in total. The highest BCUT2D eigenvalue weighted by Gasteiger charge is 2.22. The van der Waals surface area contributed by atoms with Crippen LogP contribution < -0.4 is 11.2 Å². The summed E-state index contributed by atoms with van der Waals surface area (Å²) in [5.74, 6) is 5.67. The van der Waals surface area contributed by atoms with Crippen LogP contribution in [0.2, 0.25) is 0 Å². The van der Waals surface area contributed by atoms with Crippen molar-refractivity contribution in [3.63, 3.8) is 0 Å². The van der Waals surface area contributed by atoms with Crippen molar-refractivity contribution in [2.45, 2.75) is 45.3 Å². The van der Waals surface area contributed by atoms with Gasteiger partial charge < -0.3 is 10.1 Å². The molecule has 0 aromatic carbocycles. The average Bonchev–Trinajstić information content (AvgIpc) is 1.99. The van der Waals surface area contributed by atoms with E-state index in [1.165, 1.54) is 0 Å². The van der Waals surface area contributed by atoms with Crippen molar-refractivity contribution in [3.05, 3.63) is 0 Å². The first-order valence-corrected chi connectivity index (χ1v) is 5.36. The van der Waals surface area contributed by atoms with Crippen LogP contribution >= 0.6 is 0 Å². The average molecular weight is 215 g/mol. The predicted octanol–water partition coefficient (Wildman–Crippen LogP) is 0.849. The van der Waals surface area contributed by atoms with E-state index in [4.69, 9.17) is 10.6 Å². The molecule has 0 spiro atoms. The Labute approximate surface area is 90.9 Å². The summed E-state index contributed by atoms with van der Waals surface area (Å²) < 4.78 is 5.17. The van der Waals surface area contributed by atoms with Gasteiger partial charge in [-0.3, -0.25) is 5.84 Å². The number of hydrogen-bond donors (Lipinski definition) is 2. The Morgan fingerprint density at radius 2 is 2.20 bits per heavy atom. The van der Waals surface area contributed by atoms with Gasteiger partial charge in [0.2, 0.25) is 0 Å². The molecular formula is C10H21N3O2. The van der Waals surface area contributed by atoms with Gasteiger partial charge in [0.1, 0.15) is 5.60 Å². The second-order valence-corrected chi connectivity index (χ2v) is 4.98. The highest BCUT2D eigenvalue weighted by atomic mass is 16.6. The predicted molar refractivity (Wildman–Crippen MR) is 58.2 cm³/mol. The molecule has 1 unspecified atom stereocenters. The summed E-state index contributed by atoms with van der Waals surface area (Å²) in [6.45, 7) is 7.14. The van der Waals surface area contributed by atoms with E-state index in [1.54, 1.807) is 5.01 Å². The maximum atomic E-state index is 11.4. The van der Waals surface area contributed by atoms with E-state index in [9.17, 15) is 4.79 Å². The van der Waals surface area contributed by atoms with Crippen LogP contribution in [0.1, 0.15) is 33.6 Å². The molecule has 5 heteroatoms. The number of carbonyl (C=O) groups is 1. The first-order chi connectivity index (χ1) is 6.87. The Hall–Kier alpha value is -0.810. The minimum absolute atomic E-state index is 0.110. The van der Waals surface area contributed by atoms with E-state index in [2.05, 4.69) is 5.32 Å². The zero-order valence-corrected chi connectivity index (χ0v) is 9.75. The molecule has 1 rings (SSSR count). The molecule has 1 amide bonds. The lowest BCUT2D eigenvalue weighted by Gasteiger charge is -2.30. The molecule has 88 valence electrons. The van der Waals surface area contributed by atoms with Crippen LogP contribution in [0.5, 0.6) is 0 Å². The third-order valence-corrected chi connectivity index (χ3v) is 2.17. The van der Waals surface area contributed by atoms with Crippen molar-refractivity contribution in [2.75, 3.05) is 13.1 Å². The fraction of sp³-hybridized carbons (Fsp3) is 0.900. The molecule has 0 bridgehead atoms. The third kappa shape index (κ3) is 4.99. The molecule has 0 saturated carbocycles. The number of hydrogen-bond acceptors (Lipinski definition) is 4. The molecule has 1 aliphatic rings. The minimum atomic E-state index is -0.443. The van der Waals surface area contributed by atoms with Crippen molar-refractivity contribution in [3.8, 4) is 0 Å². The maximum absolute atomic E-state index is 11.4. The van der Waals surface area contributed by atoms with Gasteiger partial charge in [0.25, 0.3) is 0 Å². The number of nitrogens with zero attached hydrogens (tertiary/aromatic N) is 1. The molecule has 0 radical (unpaired) electrons. The van der Waals surface area contributed by atoms with Crippen molar-refractivity contribution < 1.29 is 9.53 Å². The monoisotopic (exact) mass is 215 g/mol. The van der Waals surface area contributed by atoms with E-state index in [0.29, 0.717) is 6.54 Å². The molecule has 1 heterocycles. The molecule has 1 aliphatic heterocycles. The van der Waals surface area contributed by atoms with Gasteiger partial charge in [0, 0.05) is 19.1 Å². The normalized spacial score (nSPS) is 23.6. The van der Waals surface area contributed by atoms with Gasteiger partial charge in [0.05, 0.1) is 0 Å². The number of nitrogens with two attached hydrogens (primary N) is 1. The maximum Gasteiger partial charge on any atom is 0.407 e. The Bertz CT molecular complexity index is 225. The smallest absolute Gasteiger partial charge is 0.407 e. The van der Waals surface area contributed by atoms with E-state index in [-0.39, 0.29) is 12.1 Å². The van der Waals surface area contributed by atoms with Crippen LogP contribution in [-0.2, 0) is 4.74 Å². The lowest BCUT2D eigenvalue weighted by atomic mass is 10.1. The highest BCUT2D eigenvalue weighted by molar-refractivity contribution is 5.68. The number of hydrazine groups is 1. The van der Waals surface area contributed by atoms with E-state index >= 15 is 0 Å². The van der Waals surface area contributed by atoms with Crippen LogP contribution in [0.15, 0.2) is 0 Å². The molecule has 1 saturated heterocycles. The largest absolute Gasteiger partial charge is 0.444 e. The van der Waals surface area contributed by atoms with Crippen molar-refractivity contribution in [1.82, 2.24) is 10.3 Å². The molecule has 0 aliphatic carbocycles. The summed E-state index contributed by atoms with van der Waals surface area (Å²) in [6, 6.07) is 0.110. The van der Waals surface area contributed by atoms with Crippen molar-refractivity contribution >= 4 is 6.09 Å². The van der Waals surface area contributed by atoms with Gasteiger partial charge in [-0.15, -0.1) is 0 Å². The van der Waals surface area contributed by atoms with E-state index in [0.717, 1.165) is 19.4 Å². The summed E-state index contributed by atoms with van der Waals surface area (Å²) in [4.78, 5) is 11.4. The van der Waals surface area contributed by atoms with Crippen LogP contribution in [0.4, 0.5) is 4.79 Å². The lowest BCUT2D eigenvalue weighted by Crippen LogP contribution is -2.51. The van der Waals surface area contributed by atoms with Crippen LogP contribution in [0.25, 0.3) is 0 Å². The van der Waals surface area contributed by atoms with Gasteiger partial charge in [0.15, 0.2) is 0 Å². The van der Waals surface area contributed by atoms with Gasteiger partial charge in [-0.25, -0.2) is 9.80 Å². The Balaban J connectivity index is 2.31. The second-order valence-electron chi connectivity index (χ2n) is 4.98. The first kappa shape index (κ1) is 12.3. The topological polar surface area (TPSA) is 67.6 Å². The molecular weight excluding hydrogens is 194 g/mol. The summed E-state index contributed by atoms with van der Waals surface area (Å²) in [6.07, 6.45) is 1.62. The number of ether oxygens (including phenoxy) is 1. The number of amides is 1. The Kier molecular flexibility index (Phi) is 3.93. The van der Waals surface area contributed by atoms with Gasteiger partial charge in [-0.05, 0) is 33.6 Å². The van der Waals surface area contributed by atoms with Gasteiger partial charge in [-0.2, -0.15) is 0 Å². The standard InChI is InChI=1S/C10H21N3O2/c1-10(2,3)15-9(14)12-8-5-4-6-13(11)7-8/h8H,4-7,11H2,1-3H3,(H,12,14). The SMILES string of the molecule is CC(C)(C)OC(=O)NC1CCCN(N)C1. The summed E-state index contributed by atoms with van der Waals surface area (Å²) in [7, 11) is 0. The molecule has 15 heavy (non-hydrogen) atoms. The van der Waals surface area contributed by atoms with Crippen LogP contribution in [0, 0.1) is 0 Å². The molecule has 0 aromatic rings. The first-order valence-electron chi connectivity index (χ1n) is 5.36. The number of carbonyl (C=O) groups excluding carboxylic acids is 1. The highest BCUT2D eigenvalue weighted by Crippen LogP contribution is 2.10. The van der Waals surface area contributed by atoms with E-state index < -0.39 is 5.60 Å². The number of nitrogens with one attached hydrogen (secondary N) is 1. The molecule has 1 atom stereocenters. The summed E-state index contributed by atoms with van der Waals surface area (Å²) >= 11 is 0. The van der Waals surface area contributed by atoms with Crippen molar-refractivity contribution in [2.24, 2.45) is 5.84 Å². The number of rotatable bonds is 1. The van der Waals surface area contributed by atoms with E-state index in [1.807, 2.05) is 20.8 Å². The minimum Gasteiger partial charge on any atom is -0.444 e. The zero-order chi connectivity index (χ0) is 11.5. The quantitative estimate of drug-likeness (QED) is 0.636. The molecule has 3 N–H and O–H groups in total. The Morgan fingerprint density at radius 1 is 1.53 bits per heavy atom. The Morgan fingerprint density at radius 3 is 2.73 bits per heavy atom. The third-order valence-electron chi connectivity index (χ3n) is 2.17. The van der Waals surface area contributed by atoms with Gasteiger partial charge in [-0.1, -0.05) is 0 Å². The zero-order valence-electron chi connectivity index (χ0n) is 9.75. The van der Waals surface area contributed by atoms with Gasteiger partial charge >= 0.3 is 6.09 Å². The fourth-order valence-corrected chi connectivity index (χ4v) is 1.60. The van der Waals surface area contributed by atoms with Crippen LogP contribution in [0.3, 0.4) is 0 Å².